The molecule has 0 aromatic heterocycles. The Morgan fingerprint density at radius 1 is 0.953 bits per heavy atom. The molecule has 2 fully saturated rings. The fourth-order valence-electron chi connectivity index (χ4n) is 8.53. The first kappa shape index (κ1) is 29.7. The highest BCUT2D eigenvalue weighted by molar-refractivity contribution is 6.05. The van der Waals surface area contributed by atoms with E-state index in [-0.39, 0.29) is 30.4 Å². The monoisotopic (exact) mass is 599 g/mol. The number of nitrogens with zero attached hydrogens (tertiary/aromatic N) is 1. The van der Waals surface area contributed by atoms with E-state index in [0.29, 0.717) is 42.5 Å². The zero-order valence-electron chi connectivity index (χ0n) is 24.1. The van der Waals surface area contributed by atoms with Crippen LogP contribution in [-0.2, 0) is 4.79 Å². The van der Waals surface area contributed by atoms with Crippen molar-refractivity contribution in [3.05, 3.63) is 88.5 Å². The predicted molar refractivity (Wildman–Crippen MR) is 152 cm³/mol. The average Bonchev–Trinajstić information content (AvgIpc) is 3.27. The second kappa shape index (κ2) is 10.1. The summed E-state index contributed by atoms with van der Waals surface area (Å²) in [5.41, 5.74) is -0.272. The molecule has 43 heavy (non-hydrogen) atoms. The summed E-state index contributed by atoms with van der Waals surface area (Å²) in [4.78, 5) is 27.0. The van der Waals surface area contributed by atoms with Gasteiger partial charge in [-0.05, 0) is 97.4 Å². The third-order valence-electron chi connectivity index (χ3n) is 10.8. The van der Waals surface area contributed by atoms with Crippen LogP contribution in [0.25, 0.3) is 0 Å². The number of hydrogen-bond acceptors (Lipinski definition) is 3. The molecule has 1 N–H and O–H groups in total. The first-order valence-electron chi connectivity index (χ1n) is 14.8. The van der Waals surface area contributed by atoms with Crippen LogP contribution >= 0.6 is 0 Å². The number of para-hydroxylation sites is 1. The van der Waals surface area contributed by atoms with Gasteiger partial charge in [0.15, 0.2) is 5.78 Å². The molecular weight excluding hydrogens is 565 g/mol. The Kier molecular flexibility index (Phi) is 6.99. The normalized spacial score (nSPS) is 30.7. The van der Waals surface area contributed by atoms with Gasteiger partial charge in [-0.1, -0.05) is 42.8 Å². The Hall–Kier alpha value is -3.33. The topological polar surface area (TPSA) is 57.6 Å². The van der Waals surface area contributed by atoms with E-state index in [1.807, 2.05) is 30.3 Å². The summed E-state index contributed by atoms with van der Waals surface area (Å²) in [7, 11) is 1.66. The number of rotatable bonds is 4. The number of anilines is 1. The van der Waals surface area contributed by atoms with Gasteiger partial charge in [-0.2, -0.15) is 22.0 Å². The molecule has 0 bridgehead atoms. The van der Waals surface area contributed by atoms with Crippen LogP contribution in [0.1, 0.15) is 73.7 Å². The zero-order valence-corrected chi connectivity index (χ0v) is 24.1. The Labute approximate surface area is 247 Å². The molecule has 5 atom stereocenters. The molecule has 9 heteroatoms. The van der Waals surface area contributed by atoms with Crippen LogP contribution in [0.3, 0.4) is 0 Å². The molecular formula is C34H34F5NO3. The maximum Gasteiger partial charge on any atom is 0.456 e. The van der Waals surface area contributed by atoms with E-state index in [0.717, 1.165) is 16.7 Å². The Bertz CT molecular complexity index is 1510. The van der Waals surface area contributed by atoms with E-state index in [1.165, 1.54) is 11.8 Å². The number of allylic oxidation sites excluding steroid dienone is 4. The van der Waals surface area contributed by atoms with Crippen LogP contribution in [0, 0.1) is 17.3 Å². The molecule has 1 amide bonds. The molecule has 4 nitrogen and oxygen atoms in total. The predicted octanol–water partition coefficient (Wildman–Crippen LogP) is 7.79. The van der Waals surface area contributed by atoms with Crippen molar-refractivity contribution in [3.8, 4) is 0 Å². The number of benzene rings is 2. The Morgan fingerprint density at radius 2 is 1.63 bits per heavy atom. The third-order valence-corrected chi connectivity index (χ3v) is 10.8. The number of alkyl halides is 5. The minimum absolute atomic E-state index is 0.0282. The highest BCUT2D eigenvalue weighted by Crippen LogP contribution is 2.70. The van der Waals surface area contributed by atoms with E-state index in [2.05, 4.69) is 0 Å². The Morgan fingerprint density at radius 3 is 2.28 bits per heavy atom. The van der Waals surface area contributed by atoms with Gasteiger partial charge in [0.1, 0.15) is 5.60 Å². The van der Waals surface area contributed by atoms with E-state index in [4.69, 9.17) is 0 Å². The molecule has 4 aliphatic carbocycles. The van der Waals surface area contributed by atoms with Gasteiger partial charge in [0, 0.05) is 36.1 Å². The molecule has 0 radical (unpaired) electrons. The highest BCUT2D eigenvalue weighted by atomic mass is 19.4. The zero-order chi connectivity index (χ0) is 30.9. The summed E-state index contributed by atoms with van der Waals surface area (Å²) in [6, 6.07) is 15.9. The van der Waals surface area contributed by atoms with Gasteiger partial charge < -0.3 is 10.0 Å². The first-order valence-corrected chi connectivity index (χ1v) is 14.8. The molecule has 2 aromatic rings. The minimum atomic E-state index is -5.90. The summed E-state index contributed by atoms with van der Waals surface area (Å²) in [6.07, 6.45) is -3.06. The highest BCUT2D eigenvalue weighted by Gasteiger charge is 2.79. The van der Waals surface area contributed by atoms with Crippen molar-refractivity contribution in [3.63, 3.8) is 0 Å². The lowest BCUT2D eigenvalue weighted by atomic mass is 9.50. The van der Waals surface area contributed by atoms with Crippen LogP contribution in [-0.4, -0.2) is 41.5 Å². The quantitative estimate of drug-likeness (QED) is 0.365. The lowest BCUT2D eigenvalue weighted by Crippen LogP contribution is -2.65. The number of halogens is 5. The first-order chi connectivity index (χ1) is 20.2. The number of amides is 1. The summed E-state index contributed by atoms with van der Waals surface area (Å²) in [6.45, 7) is 1.40. The molecule has 228 valence electrons. The molecule has 2 saturated carbocycles. The summed E-state index contributed by atoms with van der Waals surface area (Å²) in [5, 5.41) is 11.4. The van der Waals surface area contributed by atoms with Gasteiger partial charge in [0.05, 0.1) is 0 Å². The molecule has 0 spiro atoms. The molecule has 6 rings (SSSR count). The van der Waals surface area contributed by atoms with Crippen molar-refractivity contribution < 1.29 is 36.6 Å². The van der Waals surface area contributed by atoms with E-state index < -0.39 is 41.4 Å². The van der Waals surface area contributed by atoms with Crippen molar-refractivity contribution in [2.75, 3.05) is 11.9 Å². The van der Waals surface area contributed by atoms with Crippen molar-refractivity contribution in [1.29, 1.82) is 0 Å². The van der Waals surface area contributed by atoms with Crippen LogP contribution in [0.4, 0.5) is 27.6 Å². The summed E-state index contributed by atoms with van der Waals surface area (Å²) < 4.78 is 71.7. The van der Waals surface area contributed by atoms with Crippen LogP contribution < -0.4 is 4.90 Å². The number of carbonyl (C=O) groups excluding carboxylic acids is 2. The SMILES string of the molecule is CN(C(=O)c1ccc([C@H]2C[C@@]3(C)C(CC[C@]3(O)C(F)(F)C(F)(F)F)C3CCC4=CC(=O)CCC4=C32)cc1)c1ccccc1. The Balaban J connectivity index is 1.43. The second-order valence-electron chi connectivity index (χ2n) is 12.8. The van der Waals surface area contributed by atoms with Gasteiger partial charge in [0.2, 0.25) is 0 Å². The fourth-order valence-corrected chi connectivity index (χ4v) is 8.53. The fraction of sp³-hybridized carbons (Fsp3) is 0.471. The van der Waals surface area contributed by atoms with E-state index in [1.54, 1.807) is 37.4 Å². The smallest absolute Gasteiger partial charge is 0.383 e. The number of ketones is 1. The molecule has 2 unspecified atom stereocenters. The molecule has 0 aliphatic heterocycles. The van der Waals surface area contributed by atoms with Crippen molar-refractivity contribution >= 4 is 17.4 Å². The number of carbonyl (C=O) groups is 2. The number of fused-ring (bicyclic) bond motifs is 4. The van der Waals surface area contributed by atoms with Gasteiger partial charge in [-0.25, -0.2) is 0 Å². The number of aliphatic hydroxyl groups is 1. The van der Waals surface area contributed by atoms with Crippen LogP contribution in [0.5, 0.6) is 0 Å². The van der Waals surface area contributed by atoms with Crippen LogP contribution in [0.15, 0.2) is 77.4 Å². The lowest BCUT2D eigenvalue weighted by Gasteiger charge is -2.56. The summed E-state index contributed by atoms with van der Waals surface area (Å²) in [5.74, 6) is -6.93. The van der Waals surface area contributed by atoms with Gasteiger partial charge in [-0.15, -0.1) is 0 Å². The van der Waals surface area contributed by atoms with Gasteiger partial charge in [0.25, 0.3) is 5.91 Å². The molecule has 4 aliphatic rings. The lowest BCUT2D eigenvalue weighted by molar-refractivity contribution is -0.362. The maximum absolute atomic E-state index is 15.2. The van der Waals surface area contributed by atoms with E-state index >= 15 is 8.78 Å². The average molecular weight is 600 g/mol. The second-order valence-corrected chi connectivity index (χ2v) is 12.8. The van der Waals surface area contributed by atoms with Crippen molar-refractivity contribution in [2.24, 2.45) is 17.3 Å². The molecule has 0 saturated heterocycles. The maximum atomic E-state index is 15.2. The van der Waals surface area contributed by atoms with Crippen molar-refractivity contribution in [2.45, 2.75) is 75.5 Å². The molecule has 2 aromatic carbocycles. The van der Waals surface area contributed by atoms with Crippen molar-refractivity contribution in [1.82, 2.24) is 0 Å². The van der Waals surface area contributed by atoms with Gasteiger partial charge >= 0.3 is 12.1 Å². The largest absolute Gasteiger partial charge is 0.456 e. The van der Waals surface area contributed by atoms with Crippen LogP contribution in [0.2, 0.25) is 0 Å². The van der Waals surface area contributed by atoms with Gasteiger partial charge in [-0.3, -0.25) is 9.59 Å². The minimum Gasteiger partial charge on any atom is -0.383 e. The summed E-state index contributed by atoms with van der Waals surface area (Å²) >= 11 is 0. The third kappa shape index (κ3) is 4.40. The molecule has 0 heterocycles. The number of hydrogen-bond donors (Lipinski definition) is 1. The standard InChI is InChI=1S/C34H34F5NO3/c1-31-19-27(20-8-10-21(11-9-20)30(42)40(2)23-6-4-3-5-7-23)29-25-15-13-24(41)18-22(25)12-14-26(29)28(31)16-17-32(31,43)33(35,36)34(37,38)39/h3-11,18,26-28,43H,12-17,19H2,1-2H3/t26?,27-,28?,31+,32-/m1/s1. The van der Waals surface area contributed by atoms with E-state index in [9.17, 15) is 27.9 Å².